The van der Waals surface area contributed by atoms with Gasteiger partial charge in [-0.3, -0.25) is 9.48 Å². The van der Waals surface area contributed by atoms with E-state index in [4.69, 9.17) is 4.74 Å². The molecule has 0 spiro atoms. The Morgan fingerprint density at radius 1 is 1.36 bits per heavy atom. The van der Waals surface area contributed by atoms with Crippen LogP contribution in [0.5, 0.6) is 11.5 Å². The van der Waals surface area contributed by atoms with Crippen LogP contribution < -0.4 is 10.1 Å². The molecular weight excluding hydrogens is 360 g/mol. The van der Waals surface area contributed by atoms with Gasteiger partial charge in [-0.1, -0.05) is 0 Å². The number of methoxy groups -OCH3 is 1. The van der Waals surface area contributed by atoms with Crippen molar-refractivity contribution in [3.63, 3.8) is 0 Å². The molecule has 2 aromatic heterocycles. The quantitative estimate of drug-likeness (QED) is 0.668. The molecule has 2 N–H and O–H groups in total. The third kappa shape index (κ3) is 3.42. The molecule has 1 fully saturated rings. The van der Waals surface area contributed by atoms with Crippen LogP contribution in [0, 0.1) is 0 Å². The normalized spacial score (nSPS) is 18.5. The van der Waals surface area contributed by atoms with Crippen LogP contribution in [0.15, 0.2) is 36.7 Å². The Morgan fingerprint density at radius 2 is 2.18 bits per heavy atom. The summed E-state index contributed by atoms with van der Waals surface area (Å²) in [6, 6.07) is 6.53. The van der Waals surface area contributed by atoms with Crippen LogP contribution in [0.1, 0.15) is 40.8 Å². The second-order valence-corrected chi connectivity index (χ2v) is 6.96. The van der Waals surface area contributed by atoms with Crippen LogP contribution in [0.3, 0.4) is 0 Å². The van der Waals surface area contributed by atoms with Gasteiger partial charge in [-0.05, 0) is 37.1 Å². The summed E-state index contributed by atoms with van der Waals surface area (Å²) in [6.07, 6.45) is 5.26. The highest BCUT2D eigenvalue weighted by Crippen LogP contribution is 2.36. The van der Waals surface area contributed by atoms with E-state index in [9.17, 15) is 9.90 Å². The highest BCUT2D eigenvalue weighted by atomic mass is 16.5. The summed E-state index contributed by atoms with van der Waals surface area (Å²) in [7, 11) is 3.41. The van der Waals surface area contributed by atoms with Crippen molar-refractivity contribution in [2.75, 3.05) is 7.11 Å². The Hall–Kier alpha value is -3.36. The summed E-state index contributed by atoms with van der Waals surface area (Å²) in [5.41, 5.74) is 0.457. The molecule has 3 aromatic rings. The number of aromatic nitrogens is 5. The van der Waals surface area contributed by atoms with Gasteiger partial charge >= 0.3 is 0 Å². The summed E-state index contributed by atoms with van der Waals surface area (Å²) in [6.45, 7) is 0.575. The Bertz CT molecular complexity index is 976. The van der Waals surface area contributed by atoms with Crippen LogP contribution in [0.25, 0.3) is 0 Å². The van der Waals surface area contributed by atoms with Crippen LogP contribution in [0.4, 0.5) is 0 Å². The minimum Gasteiger partial charge on any atom is -0.504 e. The molecule has 1 aliphatic rings. The molecule has 1 aromatic carbocycles. The Kier molecular flexibility index (Phi) is 4.72. The summed E-state index contributed by atoms with van der Waals surface area (Å²) >= 11 is 0. The third-order valence-corrected chi connectivity index (χ3v) is 5.14. The summed E-state index contributed by atoms with van der Waals surface area (Å²) in [5.74, 6) is 2.16. The van der Waals surface area contributed by atoms with E-state index in [1.54, 1.807) is 12.3 Å². The SMILES string of the molecule is COc1cc(C(=O)NC2CC(c3nnc(Cn4cccn4)n3C)C2)ccc1O. The predicted octanol–water partition coefficient (Wildman–Crippen LogP) is 1.45. The number of hydrogen-bond acceptors (Lipinski definition) is 6. The smallest absolute Gasteiger partial charge is 0.251 e. The van der Waals surface area contributed by atoms with Crippen molar-refractivity contribution >= 4 is 5.91 Å². The molecule has 146 valence electrons. The highest BCUT2D eigenvalue weighted by molar-refractivity contribution is 5.95. The second kappa shape index (κ2) is 7.34. The minimum absolute atomic E-state index is 0.0101. The maximum Gasteiger partial charge on any atom is 0.251 e. The monoisotopic (exact) mass is 382 g/mol. The van der Waals surface area contributed by atoms with Crippen LogP contribution in [-0.2, 0) is 13.6 Å². The molecule has 0 radical (unpaired) electrons. The average molecular weight is 382 g/mol. The van der Waals surface area contributed by atoms with Crippen molar-refractivity contribution in [3.8, 4) is 11.5 Å². The van der Waals surface area contributed by atoms with Crippen molar-refractivity contribution < 1.29 is 14.6 Å². The van der Waals surface area contributed by atoms with E-state index >= 15 is 0 Å². The van der Waals surface area contributed by atoms with Crippen molar-refractivity contribution in [1.29, 1.82) is 0 Å². The Morgan fingerprint density at radius 3 is 2.89 bits per heavy atom. The van der Waals surface area contributed by atoms with E-state index in [0.717, 1.165) is 24.5 Å². The lowest BCUT2D eigenvalue weighted by Gasteiger charge is -2.35. The molecule has 0 atom stereocenters. The molecule has 0 saturated heterocycles. The maximum absolute atomic E-state index is 12.4. The van der Waals surface area contributed by atoms with Crippen molar-refractivity contribution in [3.05, 3.63) is 53.9 Å². The minimum atomic E-state index is -0.181. The average Bonchev–Trinajstić information content (AvgIpc) is 3.29. The number of aromatic hydroxyl groups is 1. The second-order valence-electron chi connectivity index (χ2n) is 6.96. The molecular formula is C19H22N6O3. The number of carbonyl (C=O) groups is 1. The van der Waals surface area contributed by atoms with E-state index in [1.807, 2.05) is 28.6 Å². The number of hydrogen-bond donors (Lipinski definition) is 2. The molecule has 1 aliphatic carbocycles. The number of carbonyl (C=O) groups excluding carboxylic acids is 1. The molecule has 1 saturated carbocycles. The molecule has 1 amide bonds. The fourth-order valence-corrected chi connectivity index (χ4v) is 3.44. The zero-order valence-electron chi connectivity index (χ0n) is 15.7. The van der Waals surface area contributed by atoms with Gasteiger partial charge in [0, 0.05) is 37.0 Å². The lowest BCUT2D eigenvalue weighted by Crippen LogP contribution is -2.44. The fourth-order valence-electron chi connectivity index (χ4n) is 3.44. The topological polar surface area (TPSA) is 107 Å². The number of benzene rings is 1. The molecule has 0 aliphatic heterocycles. The van der Waals surface area contributed by atoms with E-state index in [2.05, 4.69) is 20.6 Å². The van der Waals surface area contributed by atoms with Gasteiger partial charge < -0.3 is 19.7 Å². The first-order valence-electron chi connectivity index (χ1n) is 9.08. The van der Waals surface area contributed by atoms with Crippen molar-refractivity contribution in [1.82, 2.24) is 29.9 Å². The molecule has 28 heavy (non-hydrogen) atoms. The zero-order chi connectivity index (χ0) is 19.7. The first-order chi connectivity index (χ1) is 13.5. The third-order valence-electron chi connectivity index (χ3n) is 5.14. The predicted molar refractivity (Wildman–Crippen MR) is 100 cm³/mol. The molecule has 2 heterocycles. The standard InChI is InChI=1S/C19H22N6O3/c1-24-17(11-25-7-3-6-20-25)22-23-18(24)13-8-14(9-13)21-19(27)12-4-5-15(26)16(10-12)28-2/h3-7,10,13-14,26H,8-9,11H2,1-2H3,(H,21,27). The summed E-state index contributed by atoms with van der Waals surface area (Å²) in [5, 5.41) is 25.5. The number of amides is 1. The molecule has 9 nitrogen and oxygen atoms in total. The van der Waals surface area contributed by atoms with Crippen LogP contribution >= 0.6 is 0 Å². The molecule has 0 unspecified atom stereocenters. The Labute approximate surface area is 162 Å². The van der Waals surface area contributed by atoms with Gasteiger partial charge in [-0.15, -0.1) is 10.2 Å². The number of rotatable bonds is 6. The van der Waals surface area contributed by atoms with Gasteiger partial charge in [-0.25, -0.2) is 0 Å². The number of nitrogens with zero attached hydrogens (tertiary/aromatic N) is 5. The van der Waals surface area contributed by atoms with Crippen molar-refractivity contribution in [2.24, 2.45) is 7.05 Å². The zero-order valence-corrected chi connectivity index (χ0v) is 15.7. The molecule has 9 heteroatoms. The first-order valence-corrected chi connectivity index (χ1v) is 9.08. The van der Waals surface area contributed by atoms with Crippen molar-refractivity contribution in [2.45, 2.75) is 31.3 Å². The fraction of sp³-hybridized carbons (Fsp3) is 0.368. The van der Waals surface area contributed by atoms with E-state index in [1.165, 1.54) is 19.2 Å². The number of ether oxygens (including phenoxy) is 1. The molecule has 0 bridgehead atoms. The summed E-state index contributed by atoms with van der Waals surface area (Å²) < 4.78 is 8.87. The lowest BCUT2D eigenvalue weighted by atomic mass is 9.79. The van der Waals surface area contributed by atoms with E-state index in [-0.39, 0.29) is 29.4 Å². The number of phenols is 1. The van der Waals surface area contributed by atoms with Gasteiger partial charge in [0.05, 0.1) is 7.11 Å². The van der Waals surface area contributed by atoms with Crippen LogP contribution in [-0.4, -0.2) is 48.7 Å². The Balaban J connectivity index is 1.35. The first kappa shape index (κ1) is 18.0. The van der Waals surface area contributed by atoms with Crippen LogP contribution in [0.2, 0.25) is 0 Å². The maximum atomic E-state index is 12.4. The van der Waals surface area contributed by atoms with Gasteiger partial charge in [-0.2, -0.15) is 5.10 Å². The van der Waals surface area contributed by atoms with E-state index in [0.29, 0.717) is 12.1 Å². The highest BCUT2D eigenvalue weighted by Gasteiger charge is 2.35. The van der Waals surface area contributed by atoms with Gasteiger partial charge in [0.2, 0.25) is 0 Å². The number of nitrogens with one attached hydrogen (secondary N) is 1. The van der Waals surface area contributed by atoms with Gasteiger partial charge in [0.1, 0.15) is 12.4 Å². The van der Waals surface area contributed by atoms with Gasteiger partial charge in [0.15, 0.2) is 17.3 Å². The largest absolute Gasteiger partial charge is 0.504 e. The summed E-state index contributed by atoms with van der Waals surface area (Å²) in [4.78, 5) is 12.4. The number of phenolic OH excluding ortho intramolecular Hbond substituents is 1. The molecule has 4 rings (SSSR count). The lowest BCUT2D eigenvalue weighted by molar-refractivity contribution is 0.0906. The van der Waals surface area contributed by atoms with E-state index < -0.39 is 0 Å². The van der Waals surface area contributed by atoms with Gasteiger partial charge in [0.25, 0.3) is 5.91 Å².